The molecule has 0 aliphatic heterocycles. The van der Waals surface area contributed by atoms with Crippen LogP contribution in [0.3, 0.4) is 0 Å². The summed E-state index contributed by atoms with van der Waals surface area (Å²) < 4.78 is 35.9. The minimum Gasteiger partial charge on any atom is -0.489 e. The molecule has 0 saturated carbocycles. The quantitative estimate of drug-likeness (QED) is 0.374. The van der Waals surface area contributed by atoms with Gasteiger partial charge in [-0.25, -0.2) is 13.8 Å². The molecule has 3 heterocycles. The molecule has 2 N–H and O–H groups in total. The highest BCUT2D eigenvalue weighted by Crippen LogP contribution is 2.41. The zero-order valence-electron chi connectivity index (χ0n) is 16.3. The molecule has 31 heavy (non-hydrogen) atoms. The second kappa shape index (κ2) is 6.80. The van der Waals surface area contributed by atoms with Gasteiger partial charge in [0.2, 0.25) is 0 Å². The molecule has 0 aliphatic carbocycles. The molecule has 0 radical (unpaired) electrons. The standard InChI is InChI=1S/C23H17F2N5O/c24-13-2-4-19-15(8-13)17-10-18-16-9-14(25)3-5-20(16)29-22(18)23(21(17)28-19)31-7-1-6-30-12-26-11-27-30/h2-5,8-12,28-29H,1,6-7H2. The Labute approximate surface area is 174 Å². The average molecular weight is 417 g/mol. The molecular weight excluding hydrogens is 400 g/mol. The van der Waals surface area contributed by atoms with E-state index in [0.717, 1.165) is 50.0 Å². The summed E-state index contributed by atoms with van der Waals surface area (Å²) in [5.74, 6) is 0.0156. The summed E-state index contributed by atoms with van der Waals surface area (Å²) >= 11 is 0. The fourth-order valence-electron chi connectivity index (χ4n) is 4.19. The number of aryl methyl sites for hydroxylation is 1. The number of halogens is 2. The summed E-state index contributed by atoms with van der Waals surface area (Å²) in [6.45, 7) is 1.12. The third-order valence-corrected chi connectivity index (χ3v) is 5.59. The predicted molar refractivity (Wildman–Crippen MR) is 115 cm³/mol. The first-order valence-corrected chi connectivity index (χ1v) is 9.97. The van der Waals surface area contributed by atoms with Crippen molar-refractivity contribution in [3.63, 3.8) is 0 Å². The normalized spacial score (nSPS) is 11.9. The first-order chi connectivity index (χ1) is 15.2. The molecule has 8 heteroatoms. The number of aromatic nitrogens is 5. The Kier molecular flexibility index (Phi) is 3.92. The van der Waals surface area contributed by atoms with Gasteiger partial charge in [0.05, 0.1) is 17.6 Å². The van der Waals surface area contributed by atoms with Crippen LogP contribution < -0.4 is 4.74 Å². The van der Waals surface area contributed by atoms with E-state index in [4.69, 9.17) is 4.74 Å². The van der Waals surface area contributed by atoms with E-state index in [-0.39, 0.29) is 11.6 Å². The Morgan fingerprint density at radius 3 is 2.06 bits per heavy atom. The Hall–Kier alpha value is -3.94. The topological polar surface area (TPSA) is 71.5 Å². The lowest BCUT2D eigenvalue weighted by molar-refractivity contribution is 0.304. The Bertz CT molecular complexity index is 1470. The molecule has 6 rings (SSSR count). The van der Waals surface area contributed by atoms with E-state index >= 15 is 0 Å². The summed E-state index contributed by atoms with van der Waals surface area (Å²) in [6, 6.07) is 11.2. The number of benzene rings is 3. The van der Waals surface area contributed by atoms with Crippen LogP contribution in [-0.4, -0.2) is 31.3 Å². The SMILES string of the molecule is Fc1ccc2[nH]c3c(OCCCn4cncn4)c4[nH]c5ccc(F)cc5c4cc3c2c1. The van der Waals surface area contributed by atoms with E-state index in [1.165, 1.54) is 30.6 Å². The molecule has 3 aromatic heterocycles. The van der Waals surface area contributed by atoms with Gasteiger partial charge in [-0.2, -0.15) is 5.10 Å². The van der Waals surface area contributed by atoms with Gasteiger partial charge in [0.1, 0.15) is 24.3 Å². The Morgan fingerprint density at radius 2 is 1.48 bits per heavy atom. The van der Waals surface area contributed by atoms with E-state index in [0.29, 0.717) is 18.9 Å². The third-order valence-electron chi connectivity index (χ3n) is 5.59. The van der Waals surface area contributed by atoms with Crippen LogP contribution in [0.15, 0.2) is 55.1 Å². The number of nitrogens with one attached hydrogen (secondary N) is 2. The maximum absolute atomic E-state index is 14.0. The highest BCUT2D eigenvalue weighted by atomic mass is 19.1. The second-order valence-corrected chi connectivity index (χ2v) is 7.54. The summed E-state index contributed by atoms with van der Waals surface area (Å²) in [6.07, 6.45) is 3.89. The molecule has 0 atom stereocenters. The Morgan fingerprint density at radius 1 is 0.839 bits per heavy atom. The van der Waals surface area contributed by atoms with Crippen molar-refractivity contribution in [3.8, 4) is 5.75 Å². The van der Waals surface area contributed by atoms with Crippen molar-refractivity contribution in [3.05, 3.63) is 66.8 Å². The lowest BCUT2D eigenvalue weighted by Crippen LogP contribution is -2.05. The lowest BCUT2D eigenvalue weighted by Gasteiger charge is -2.09. The molecule has 0 fully saturated rings. The first-order valence-electron chi connectivity index (χ1n) is 9.97. The van der Waals surface area contributed by atoms with E-state index in [9.17, 15) is 8.78 Å². The average Bonchev–Trinajstić information content (AvgIpc) is 3.48. The van der Waals surface area contributed by atoms with Crippen molar-refractivity contribution < 1.29 is 13.5 Å². The van der Waals surface area contributed by atoms with Gasteiger partial charge < -0.3 is 14.7 Å². The number of fused-ring (bicyclic) bond motifs is 6. The summed E-state index contributed by atoms with van der Waals surface area (Å²) in [4.78, 5) is 10.7. The summed E-state index contributed by atoms with van der Waals surface area (Å²) in [7, 11) is 0. The molecule has 0 aliphatic rings. The van der Waals surface area contributed by atoms with Gasteiger partial charge >= 0.3 is 0 Å². The van der Waals surface area contributed by atoms with Gasteiger partial charge in [0, 0.05) is 45.5 Å². The fraction of sp³-hybridized carbons (Fsp3) is 0.130. The highest BCUT2D eigenvalue weighted by molar-refractivity contribution is 6.20. The van der Waals surface area contributed by atoms with Gasteiger partial charge in [-0.05, 0) is 42.5 Å². The van der Waals surface area contributed by atoms with Crippen molar-refractivity contribution in [2.75, 3.05) is 6.61 Å². The van der Waals surface area contributed by atoms with Gasteiger partial charge in [-0.3, -0.25) is 4.68 Å². The zero-order valence-corrected chi connectivity index (χ0v) is 16.3. The number of hydrogen-bond donors (Lipinski definition) is 2. The molecule has 0 bridgehead atoms. The maximum atomic E-state index is 14.0. The lowest BCUT2D eigenvalue weighted by atomic mass is 10.1. The monoisotopic (exact) mass is 417 g/mol. The van der Waals surface area contributed by atoms with Crippen molar-refractivity contribution in [1.82, 2.24) is 24.7 Å². The first kappa shape index (κ1) is 17.9. The van der Waals surface area contributed by atoms with Gasteiger partial charge in [0.15, 0.2) is 5.75 Å². The smallest absolute Gasteiger partial charge is 0.167 e. The van der Waals surface area contributed by atoms with Crippen LogP contribution in [0.25, 0.3) is 43.6 Å². The molecule has 0 spiro atoms. The number of nitrogens with zero attached hydrogens (tertiary/aromatic N) is 3. The summed E-state index contributed by atoms with van der Waals surface area (Å²) in [5, 5.41) is 7.28. The maximum Gasteiger partial charge on any atom is 0.167 e. The van der Waals surface area contributed by atoms with Crippen LogP contribution in [0.1, 0.15) is 6.42 Å². The molecule has 0 amide bonds. The molecule has 6 nitrogen and oxygen atoms in total. The Balaban J connectivity index is 1.53. The minimum absolute atomic E-state index is 0.311. The summed E-state index contributed by atoms with van der Waals surface area (Å²) in [5.41, 5.74) is 3.18. The molecule has 3 aromatic carbocycles. The van der Waals surface area contributed by atoms with Gasteiger partial charge in [0.25, 0.3) is 0 Å². The van der Waals surface area contributed by atoms with Crippen molar-refractivity contribution >= 4 is 43.6 Å². The molecule has 6 aromatic rings. The number of rotatable bonds is 5. The highest BCUT2D eigenvalue weighted by Gasteiger charge is 2.18. The van der Waals surface area contributed by atoms with Gasteiger partial charge in [-0.15, -0.1) is 0 Å². The van der Waals surface area contributed by atoms with E-state index in [1.54, 1.807) is 23.1 Å². The van der Waals surface area contributed by atoms with Crippen LogP contribution in [0.2, 0.25) is 0 Å². The molecular formula is C23H17F2N5O. The molecule has 0 saturated heterocycles. The number of H-pyrrole nitrogens is 2. The van der Waals surface area contributed by atoms with Crippen LogP contribution in [-0.2, 0) is 6.54 Å². The van der Waals surface area contributed by atoms with Crippen molar-refractivity contribution in [2.24, 2.45) is 0 Å². The van der Waals surface area contributed by atoms with E-state index in [1.807, 2.05) is 6.07 Å². The number of ether oxygens (including phenoxy) is 1. The van der Waals surface area contributed by atoms with Crippen LogP contribution in [0, 0.1) is 11.6 Å². The molecule has 0 unspecified atom stereocenters. The minimum atomic E-state index is -0.311. The third kappa shape index (κ3) is 2.91. The second-order valence-electron chi connectivity index (χ2n) is 7.54. The van der Waals surface area contributed by atoms with Crippen LogP contribution >= 0.6 is 0 Å². The van der Waals surface area contributed by atoms with Crippen molar-refractivity contribution in [1.29, 1.82) is 0 Å². The van der Waals surface area contributed by atoms with Crippen LogP contribution in [0.5, 0.6) is 5.75 Å². The van der Waals surface area contributed by atoms with E-state index in [2.05, 4.69) is 20.1 Å². The zero-order chi connectivity index (χ0) is 20.9. The predicted octanol–water partition coefficient (Wildman–Crippen LogP) is 5.29. The van der Waals surface area contributed by atoms with E-state index < -0.39 is 0 Å². The van der Waals surface area contributed by atoms with Crippen LogP contribution in [0.4, 0.5) is 8.78 Å². The van der Waals surface area contributed by atoms with Gasteiger partial charge in [-0.1, -0.05) is 0 Å². The fourth-order valence-corrected chi connectivity index (χ4v) is 4.19. The largest absolute Gasteiger partial charge is 0.489 e. The number of aromatic amines is 2. The number of hydrogen-bond acceptors (Lipinski definition) is 3. The van der Waals surface area contributed by atoms with Crippen molar-refractivity contribution in [2.45, 2.75) is 13.0 Å². The molecule has 154 valence electrons.